The molecule has 0 heterocycles. The van der Waals surface area contributed by atoms with Crippen LogP contribution in [0.3, 0.4) is 0 Å². The maximum absolute atomic E-state index is 12.0. The number of benzene rings is 2. The number of nitrogens with one attached hydrogen (secondary N) is 2. The van der Waals surface area contributed by atoms with E-state index in [1.165, 1.54) is 11.8 Å². The number of anilines is 2. The van der Waals surface area contributed by atoms with Crippen molar-refractivity contribution in [3.8, 4) is 0 Å². The quantitative estimate of drug-likeness (QED) is 0.653. The van der Waals surface area contributed by atoms with Crippen LogP contribution in [-0.2, 0) is 9.59 Å². The molecule has 1 aliphatic rings. The second-order valence-electron chi connectivity index (χ2n) is 6.07. The number of primary amides is 1. The Morgan fingerprint density at radius 1 is 0.923 bits per heavy atom. The third-order valence-electron chi connectivity index (χ3n) is 3.89. The molecule has 0 aromatic heterocycles. The highest BCUT2D eigenvalue weighted by molar-refractivity contribution is 8.00. The van der Waals surface area contributed by atoms with Crippen molar-refractivity contribution in [2.45, 2.75) is 17.7 Å². The molecule has 1 fully saturated rings. The third kappa shape index (κ3) is 5.10. The molecule has 3 rings (SSSR count). The summed E-state index contributed by atoms with van der Waals surface area (Å²) in [5.41, 5.74) is 6.95. The van der Waals surface area contributed by atoms with Gasteiger partial charge in [0.15, 0.2) is 0 Å². The second kappa shape index (κ2) is 8.05. The summed E-state index contributed by atoms with van der Waals surface area (Å²) in [6.07, 6.45) is 1.94. The number of hydrogen-bond acceptors (Lipinski definition) is 4. The molecule has 0 saturated heterocycles. The van der Waals surface area contributed by atoms with E-state index >= 15 is 0 Å². The van der Waals surface area contributed by atoms with Crippen LogP contribution in [-0.4, -0.2) is 23.5 Å². The van der Waals surface area contributed by atoms with Crippen molar-refractivity contribution in [2.24, 2.45) is 11.7 Å². The number of carbonyl (C=O) groups excluding carboxylic acids is 3. The van der Waals surface area contributed by atoms with Crippen molar-refractivity contribution >= 4 is 40.9 Å². The predicted octanol–water partition coefficient (Wildman–Crippen LogP) is 2.86. The highest BCUT2D eigenvalue weighted by atomic mass is 32.2. The Morgan fingerprint density at radius 2 is 1.50 bits per heavy atom. The molecule has 0 atom stereocenters. The lowest BCUT2D eigenvalue weighted by molar-refractivity contribution is -0.117. The van der Waals surface area contributed by atoms with E-state index in [4.69, 9.17) is 5.73 Å². The first kappa shape index (κ1) is 18.0. The molecule has 0 spiro atoms. The topological polar surface area (TPSA) is 101 Å². The molecular weight excluding hydrogens is 350 g/mol. The molecule has 26 heavy (non-hydrogen) atoms. The number of hydrogen-bond donors (Lipinski definition) is 3. The van der Waals surface area contributed by atoms with Gasteiger partial charge in [-0.25, -0.2) is 0 Å². The van der Waals surface area contributed by atoms with Gasteiger partial charge in [-0.15, -0.1) is 11.8 Å². The van der Waals surface area contributed by atoms with Crippen LogP contribution in [0.15, 0.2) is 53.4 Å². The van der Waals surface area contributed by atoms with Crippen molar-refractivity contribution in [3.05, 3.63) is 54.1 Å². The van der Waals surface area contributed by atoms with Crippen molar-refractivity contribution in [2.75, 3.05) is 16.4 Å². The predicted molar refractivity (Wildman–Crippen MR) is 102 cm³/mol. The normalized spacial score (nSPS) is 13.1. The van der Waals surface area contributed by atoms with Crippen LogP contribution in [0.25, 0.3) is 0 Å². The minimum Gasteiger partial charge on any atom is -0.366 e. The maximum Gasteiger partial charge on any atom is 0.248 e. The molecule has 0 radical (unpaired) electrons. The molecule has 6 nitrogen and oxygen atoms in total. The Kier molecular flexibility index (Phi) is 5.58. The van der Waals surface area contributed by atoms with E-state index in [1.54, 1.807) is 24.3 Å². The standard InChI is InChI=1S/C19H19N3O3S/c20-18(24)12-3-5-14(6-4-12)21-17(23)11-26-16-9-7-15(8-10-16)22-19(25)13-1-2-13/h3-10,13H,1-2,11H2,(H2,20,24)(H,21,23)(H,22,25). The zero-order valence-electron chi connectivity index (χ0n) is 14.0. The van der Waals surface area contributed by atoms with Crippen LogP contribution in [0, 0.1) is 5.92 Å². The number of thioether (sulfide) groups is 1. The second-order valence-corrected chi connectivity index (χ2v) is 7.12. The van der Waals surface area contributed by atoms with Gasteiger partial charge in [0.1, 0.15) is 0 Å². The van der Waals surface area contributed by atoms with Gasteiger partial charge >= 0.3 is 0 Å². The van der Waals surface area contributed by atoms with E-state index in [-0.39, 0.29) is 23.5 Å². The molecular formula is C19H19N3O3S. The number of amides is 3. The Balaban J connectivity index is 1.46. The molecule has 3 amide bonds. The van der Waals surface area contributed by atoms with Gasteiger partial charge in [0.05, 0.1) is 5.75 Å². The fourth-order valence-corrected chi connectivity index (χ4v) is 2.99. The van der Waals surface area contributed by atoms with Crippen molar-refractivity contribution < 1.29 is 14.4 Å². The SMILES string of the molecule is NC(=O)c1ccc(NC(=O)CSc2ccc(NC(=O)C3CC3)cc2)cc1. The largest absolute Gasteiger partial charge is 0.366 e. The van der Waals surface area contributed by atoms with Gasteiger partial charge in [-0.3, -0.25) is 14.4 Å². The number of carbonyl (C=O) groups is 3. The van der Waals surface area contributed by atoms with Gasteiger partial charge in [-0.05, 0) is 61.4 Å². The summed E-state index contributed by atoms with van der Waals surface area (Å²) >= 11 is 1.40. The van der Waals surface area contributed by atoms with Gasteiger partial charge in [-0.2, -0.15) is 0 Å². The molecule has 4 N–H and O–H groups in total. The number of rotatable bonds is 7. The Morgan fingerprint density at radius 3 is 2.08 bits per heavy atom. The third-order valence-corrected chi connectivity index (χ3v) is 4.91. The molecule has 0 unspecified atom stereocenters. The van der Waals surface area contributed by atoms with Gasteiger partial charge < -0.3 is 16.4 Å². The lowest BCUT2D eigenvalue weighted by atomic mass is 10.2. The summed E-state index contributed by atoms with van der Waals surface area (Å²) in [6.45, 7) is 0. The zero-order valence-corrected chi connectivity index (χ0v) is 14.8. The molecule has 0 bridgehead atoms. The Labute approximate surface area is 155 Å². The van der Waals surface area contributed by atoms with Crippen molar-refractivity contribution in [1.29, 1.82) is 0 Å². The van der Waals surface area contributed by atoms with Crippen LogP contribution in [0.4, 0.5) is 11.4 Å². The Bertz CT molecular complexity index is 815. The number of nitrogens with two attached hydrogens (primary N) is 1. The summed E-state index contributed by atoms with van der Waals surface area (Å²) in [5.74, 6) is -0.147. The van der Waals surface area contributed by atoms with E-state index in [1.807, 2.05) is 24.3 Å². The summed E-state index contributed by atoms with van der Waals surface area (Å²) in [4.78, 5) is 35.7. The average molecular weight is 369 g/mol. The van der Waals surface area contributed by atoms with Gasteiger partial charge in [0.2, 0.25) is 17.7 Å². The minimum absolute atomic E-state index is 0.0761. The van der Waals surface area contributed by atoms with E-state index in [2.05, 4.69) is 10.6 Å². The highest BCUT2D eigenvalue weighted by Gasteiger charge is 2.29. The van der Waals surface area contributed by atoms with E-state index < -0.39 is 5.91 Å². The van der Waals surface area contributed by atoms with Crippen molar-refractivity contribution in [1.82, 2.24) is 0 Å². The molecule has 134 valence electrons. The molecule has 1 saturated carbocycles. The summed E-state index contributed by atoms with van der Waals surface area (Å²) in [7, 11) is 0. The van der Waals surface area contributed by atoms with E-state index in [0.717, 1.165) is 23.4 Å². The summed E-state index contributed by atoms with van der Waals surface area (Å²) in [6, 6.07) is 13.8. The highest BCUT2D eigenvalue weighted by Crippen LogP contribution is 2.30. The molecule has 7 heteroatoms. The first-order valence-corrected chi connectivity index (χ1v) is 9.23. The molecule has 2 aromatic rings. The van der Waals surface area contributed by atoms with Crippen LogP contribution >= 0.6 is 11.8 Å². The summed E-state index contributed by atoms with van der Waals surface area (Å²) < 4.78 is 0. The summed E-state index contributed by atoms with van der Waals surface area (Å²) in [5, 5.41) is 5.65. The zero-order chi connectivity index (χ0) is 18.5. The fraction of sp³-hybridized carbons (Fsp3) is 0.211. The van der Waals surface area contributed by atoms with Crippen LogP contribution in [0.2, 0.25) is 0 Å². The fourth-order valence-electron chi connectivity index (χ4n) is 2.29. The minimum atomic E-state index is -0.504. The first-order chi connectivity index (χ1) is 12.5. The smallest absolute Gasteiger partial charge is 0.248 e. The average Bonchev–Trinajstić information content (AvgIpc) is 3.47. The maximum atomic E-state index is 12.0. The van der Waals surface area contributed by atoms with Crippen LogP contribution in [0.1, 0.15) is 23.2 Å². The van der Waals surface area contributed by atoms with Crippen LogP contribution in [0.5, 0.6) is 0 Å². The van der Waals surface area contributed by atoms with Crippen molar-refractivity contribution in [3.63, 3.8) is 0 Å². The molecule has 0 aliphatic heterocycles. The van der Waals surface area contributed by atoms with E-state index in [9.17, 15) is 14.4 Å². The van der Waals surface area contributed by atoms with Gasteiger partial charge in [0.25, 0.3) is 0 Å². The van der Waals surface area contributed by atoms with Gasteiger partial charge in [0, 0.05) is 27.8 Å². The monoisotopic (exact) mass is 369 g/mol. The van der Waals surface area contributed by atoms with Gasteiger partial charge in [-0.1, -0.05) is 0 Å². The lowest BCUT2D eigenvalue weighted by Gasteiger charge is -2.07. The molecule has 2 aromatic carbocycles. The van der Waals surface area contributed by atoms with Crippen LogP contribution < -0.4 is 16.4 Å². The lowest BCUT2D eigenvalue weighted by Crippen LogP contribution is -2.15. The van der Waals surface area contributed by atoms with E-state index in [0.29, 0.717) is 11.3 Å². The first-order valence-electron chi connectivity index (χ1n) is 8.25. The molecule has 1 aliphatic carbocycles. The Hall–Kier alpha value is -2.80.